The van der Waals surface area contributed by atoms with Gasteiger partial charge in [-0.15, -0.1) is 0 Å². The molecule has 0 bridgehead atoms. The van der Waals surface area contributed by atoms with Crippen LogP contribution in [0.1, 0.15) is 12.5 Å². The predicted molar refractivity (Wildman–Crippen MR) is 72.0 cm³/mol. The van der Waals surface area contributed by atoms with E-state index in [0.29, 0.717) is 5.75 Å². The minimum absolute atomic E-state index is 0.300. The highest BCUT2D eigenvalue weighted by atomic mass is 16.3. The molecule has 0 aliphatic heterocycles. The summed E-state index contributed by atoms with van der Waals surface area (Å²) in [6.07, 6.45) is 0. The third kappa shape index (κ3) is 2.59. The van der Waals surface area contributed by atoms with Gasteiger partial charge in [-0.1, -0.05) is 17.7 Å². The molecule has 0 spiro atoms. The Labute approximate surface area is 102 Å². The molecule has 1 N–H and O–H groups in total. The Bertz CT molecular complexity index is 428. The Hall–Kier alpha value is -1.96. The van der Waals surface area contributed by atoms with Gasteiger partial charge in [0.2, 0.25) is 0 Å². The van der Waals surface area contributed by atoms with Crippen molar-refractivity contribution in [2.24, 2.45) is 0 Å². The lowest BCUT2D eigenvalue weighted by Gasteiger charge is -2.23. The molecule has 17 heavy (non-hydrogen) atoms. The van der Waals surface area contributed by atoms with Crippen LogP contribution in [0.2, 0.25) is 0 Å². The van der Waals surface area contributed by atoms with E-state index < -0.39 is 0 Å². The summed E-state index contributed by atoms with van der Waals surface area (Å²) in [5.74, 6) is 0.300. The van der Waals surface area contributed by atoms with Crippen molar-refractivity contribution in [2.75, 3.05) is 11.4 Å². The summed E-state index contributed by atoms with van der Waals surface area (Å²) in [5, 5.41) is 9.30. The number of anilines is 2. The van der Waals surface area contributed by atoms with E-state index in [1.165, 1.54) is 11.3 Å². The highest BCUT2D eigenvalue weighted by Gasteiger charge is 2.06. The molecule has 2 aromatic carbocycles. The molecule has 0 aliphatic rings. The van der Waals surface area contributed by atoms with Crippen LogP contribution in [0.15, 0.2) is 48.5 Å². The molecular formula is C15H17NO. The van der Waals surface area contributed by atoms with Crippen LogP contribution in [0, 0.1) is 6.92 Å². The molecule has 2 nitrogen and oxygen atoms in total. The number of aryl methyl sites for hydroxylation is 1. The lowest BCUT2D eigenvalue weighted by molar-refractivity contribution is 0.475. The summed E-state index contributed by atoms with van der Waals surface area (Å²) >= 11 is 0. The fourth-order valence-corrected chi connectivity index (χ4v) is 1.87. The van der Waals surface area contributed by atoms with Crippen molar-refractivity contribution >= 4 is 11.4 Å². The number of hydrogen-bond acceptors (Lipinski definition) is 2. The molecule has 0 atom stereocenters. The molecule has 0 saturated carbocycles. The van der Waals surface area contributed by atoms with Gasteiger partial charge < -0.3 is 10.0 Å². The van der Waals surface area contributed by atoms with E-state index in [0.717, 1.165) is 12.2 Å². The SMILES string of the molecule is CCN(c1ccc(C)cc1)c1ccc(O)cc1. The second kappa shape index (κ2) is 4.91. The van der Waals surface area contributed by atoms with E-state index in [1.54, 1.807) is 12.1 Å². The third-order valence-corrected chi connectivity index (χ3v) is 2.82. The first-order chi connectivity index (χ1) is 8.20. The maximum Gasteiger partial charge on any atom is 0.115 e. The normalized spacial score (nSPS) is 10.2. The number of phenols is 1. The van der Waals surface area contributed by atoms with Crippen LogP contribution in [0.5, 0.6) is 5.75 Å². The van der Waals surface area contributed by atoms with Crippen molar-refractivity contribution in [1.29, 1.82) is 0 Å². The molecule has 0 heterocycles. The van der Waals surface area contributed by atoms with Gasteiger partial charge in [0.05, 0.1) is 0 Å². The molecule has 0 fully saturated rings. The summed E-state index contributed by atoms with van der Waals surface area (Å²) in [7, 11) is 0. The second-order valence-corrected chi connectivity index (χ2v) is 4.10. The smallest absolute Gasteiger partial charge is 0.115 e. The first kappa shape index (κ1) is 11.5. The largest absolute Gasteiger partial charge is 0.508 e. The third-order valence-electron chi connectivity index (χ3n) is 2.82. The zero-order valence-corrected chi connectivity index (χ0v) is 10.2. The maximum atomic E-state index is 9.30. The fourth-order valence-electron chi connectivity index (χ4n) is 1.87. The second-order valence-electron chi connectivity index (χ2n) is 4.10. The van der Waals surface area contributed by atoms with Crippen LogP contribution in [-0.4, -0.2) is 11.7 Å². The number of nitrogens with zero attached hydrogens (tertiary/aromatic N) is 1. The molecule has 2 aromatic rings. The molecule has 0 amide bonds. The number of aromatic hydroxyl groups is 1. The van der Waals surface area contributed by atoms with E-state index in [9.17, 15) is 5.11 Å². The quantitative estimate of drug-likeness (QED) is 0.860. The van der Waals surface area contributed by atoms with Gasteiger partial charge in [-0.2, -0.15) is 0 Å². The Morgan fingerprint density at radius 3 is 1.82 bits per heavy atom. The number of rotatable bonds is 3. The van der Waals surface area contributed by atoms with Crippen LogP contribution in [0.25, 0.3) is 0 Å². The zero-order valence-electron chi connectivity index (χ0n) is 10.2. The van der Waals surface area contributed by atoms with Gasteiger partial charge in [0.1, 0.15) is 5.75 Å². The predicted octanol–water partition coefficient (Wildman–Crippen LogP) is 3.86. The van der Waals surface area contributed by atoms with Crippen molar-refractivity contribution in [3.63, 3.8) is 0 Å². The Morgan fingerprint density at radius 1 is 0.882 bits per heavy atom. The van der Waals surface area contributed by atoms with Crippen LogP contribution < -0.4 is 4.90 Å². The molecule has 0 unspecified atom stereocenters. The Morgan fingerprint density at radius 2 is 1.35 bits per heavy atom. The Balaban J connectivity index is 2.33. The van der Waals surface area contributed by atoms with Gasteiger partial charge >= 0.3 is 0 Å². The number of hydrogen-bond donors (Lipinski definition) is 1. The maximum absolute atomic E-state index is 9.30. The minimum atomic E-state index is 0.300. The highest BCUT2D eigenvalue weighted by Crippen LogP contribution is 2.26. The summed E-state index contributed by atoms with van der Waals surface area (Å²) in [5.41, 5.74) is 3.52. The van der Waals surface area contributed by atoms with Gasteiger partial charge in [-0.3, -0.25) is 0 Å². The average Bonchev–Trinajstić information content (AvgIpc) is 2.35. The topological polar surface area (TPSA) is 23.5 Å². The van der Waals surface area contributed by atoms with Crippen molar-refractivity contribution in [2.45, 2.75) is 13.8 Å². The van der Waals surface area contributed by atoms with Crippen molar-refractivity contribution in [3.05, 3.63) is 54.1 Å². The van der Waals surface area contributed by atoms with Crippen LogP contribution >= 0.6 is 0 Å². The van der Waals surface area contributed by atoms with Gasteiger partial charge in [0.15, 0.2) is 0 Å². The lowest BCUT2D eigenvalue weighted by atomic mass is 10.2. The molecular weight excluding hydrogens is 210 g/mol. The van der Waals surface area contributed by atoms with Gasteiger partial charge in [-0.05, 0) is 50.2 Å². The zero-order chi connectivity index (χ0) is 12.3. The van der Waals surface area contributed by atoms with E-state index in [-0.39, 0.29) is 0 Å². The molecule has 0 aromatic heterocycles. The monoisotopic (exact) mass is 227 g/mol. The van der Waals surface area contributed by atoms with Crippen LogP contribution in [0.3, 0.4) is 0 Å². The standard InChI is InChI=1S/C15H17NO/c1-3-16(13-6-4-12(2)5-7-13)14-8-10-15(17)11-9-14/h4-11,17H,3H2,1-2H3. The van der Waals surface area contributed by atoms with E-state index in [1.807, 2.05) is 12.1 Å². The van der Waals surface area contributed by atoms with Crippen molar-refractivity contribution in [1.82, 2.24) is 0 Å². The number of phenolic OH excluding ortho intramolecular Hbond substituents is 1. The van der Waals surface area contributed by atoms with E-state index >= 15 is 0 Å². The van der Waals surface area contributed by atoms with Gasteiger partial charge in [0.25, 0.3) is 0 Å². The fraction of sp³-hybridized carbons (Fsp3) is 0.200. The molecule has 0 radical (unpaired) electrons. The molecule has 88 valence electrons. The Kier molecular flexibility index (Phi) is 3.33. The molecule has 2 rings (SSSR count). The molecule has 0 aliphatic carbocycles. The molecule has 2 heteroatoms. The highest BCUT2D eigenvalue weighted by molar-refractivity contribution is 5.63. The van der Waals surface area contributed by atoms with Gasteiger partial charge in [-0.25, -0.2) is 0 Å². The lowest BCUT2D eigenvalue weighted by Crippen LogP contribution is -2.15. The first-order valence-corrected chi connectivity index (χ1v) is 5.84. The number of benzene rings is 2. The minimum Gasteiger partial charge on any atom is -0.508 e. The van der Waals surface area contributed by atoms with Crippen molar-refractivity contribution in [3.8, 4) is 5.75 Å². The average molecular weight is 227 g/mol. The van der Waals surface area contributed by atoms with Gasteiger partial charge in [0, 0.05) is 17.9 Å². The van der Waals surface area contributed by atoms with Crippen LogP contribution in [-0.2, 0) is 0 Å². The van der Waals surface area contributed by atoms with E-state index in [4.69, 9.17) is 0 Å². The van der Waals surface area contributed by atoms with E-state index in [2.05, 4.69) is 43.0 Å². The van der Waals surface area contributed by atoms with Crippen LogP contribution in [0.4, 0.5) is 11.4 Å². The first-order valence-electron chi connectivity index (χ1n) is 5.84. The van der Waals surface area contributed by atoms with Crippen molar-refractivity contribution < 1.29 is 5.11 Å². The summed E-state index contributed by atoms with van der Waals surface area (Å²) in [4.78, 5) is 2.21. The summed E-state index contributed by atoms with van der Waals surface area (Å²) in [6.45, 7) is 5.10. The summed E-state index contributed by atoms with van der Waals surface area (Å²) in [6, 6.07) is 15.7. The summed E-state index contributed by atoms with van der Waals surface area (Å²) < 4.78 is 0. The molecule has 0 saturated heterocycles.